The largest absolute Gasteiger partial charge is 0.497 e. The Hall–Kier alpha value is -0.580. The molecule has 1 aromatic carbocycles. The summed E-state index contributed by atoms with van der Waals surface area (Å²) in [4.78, 5) is 0. The fourth-order valence-corrected chi connectivity index (χ4v) is 3.90. The lowest BCUT2D eigenvalue weighted by Crippen LogP contribution is -2.41. The molecule has 0 amide bonds. The average Bonchev–Trinajstić information content (AvgIpc) is 2.72. The highest BCUT2D eigenvalue weighted by atomic mass is 79.9. The first-order valence-electron chi connectivity index (χ1n) is 7.63. The highest BCUT2D eigenvalue weighted by Crippen LogP contribution is 2.36. The van der Waals surface area contributed by atoms with E-state index in [0.29, 0.717) is 24.0 Å². The highest BCUT2D eigenvalue weighted by Gasteiger charge is 2.41. The minimum Gasteiger partial charge on any atom is -0.497 e. The zero-order chi connectivity index (χ0) is 15.6. The fourth-order valence-electron chi connectivity index (χ4n) is 3.49. The standard InChI is InChI=1S/C17H26BrNO2/c1-10-11(2)21-12(3)17(10)16(19-4)9-13-8-14(20-5)6-7-15(13)18/h6-8,10-12,16-17,19H,9H2,1-5H3. The molecule has 1 aromatic rings. The van der Waals surface area contributed by atoms with Crippen LogP contribution in [0.1, 0.15) is 26.3 Å². The molecular formula is C17H26BrNO2. The third kappa shape index (κ3) is 3.61. The van der Waals surface area contributed by atoms with Crippen molar-refractivity contribution >= 4 is 15.9 Å². The van der Waals surface area contributed by atoms with Crippen molar-refractivity contribution in [2.24, 2.45) is 11.8 Å². The van der Waals surface area contributed by atoms with E-state index in [1.54, 1.807) is 7.11 Å². The first-order valence-corrected chi connectivity index (χ1v) is 8.42. The number of halogens is 1. The van der Waals surface area contributed by atoms with Crippen LogP contribution in [0.15, 0.2) is 22.7 Å². The molecule has 5 atom stereocenters. The quantitative estimate of drug-likeness (QED) is 0.874. The van der Waals surface area contributed by atoms with Crippen LogP contribution in [0.5, 0.6) is 5.75 Å². The second-order valence-electron chi connectivity index (χ2n) is 6.04. The van der Waals surface area contributed by atoms with Crippen LogP contribution in [0.2, 0.25) is 0 Å². The van der Waals surface area contributed by atoms with Crippen molar-refractivity contribution in [3.8, 4) is 5.75 Å². The van der Waals surface area contributed by atoms with E-state index in [1.807, 2.05) is 13.1 Å². The van der Waals surface area contributed by atoms with Gasteiger partial charge in [-0.2, -0.15) is 0 Å². The SMILES string of the molecule is CNC(Cc1cc(OC)ccc1Br)C1C(C)OC(C)C1C. The molecule has 3 nitrogen and oxygen atoms in total. The molecule has 4 heteroatoms. The highest BCUT2D eigenvalue weighted by molar-refractivity contribution is 9.10. The average molecular weight is 356 g/mol. The van der Waals surface area contributed by atoms with Gasteiger partial charge in [0.15, 0.2) is 0 Å². The zero-order valence-electron chi connectivity index (χ0n) is 13.5. The Morgan fingerprint density at radius 2 is 2.00 bits per heavy atom. The van der Waals surface area contributed by atoms with E-state index in [2.05, 4.69) is 54.2 Å². The van der Waals surface area contributed by atoms with Crippen molar-refractivity contribution < 1.29 is 9.47 Å². The molecule has 0 aromatic heterocycles. The van der Waals surface area contributed by atoms with Gasteiger partial charge in [0.25, 0.3) is 0 Å². The Morgan fingerprint density at radius 1 is 1.29 bits per heavy atom. The third-order valence-corrected chi connectivity index (χ3v) is 5.62. The van der Waals surface area contributed by atoms with Gasteiger partial charge in [-0.15, -0.1) is 0 Å². The number of nitrogens with one attached hydrogen (secondary N) is 1. The third-order valence-electron chi connectivity index (χ3n) is 4.85. The van der Waals surface area contributed by atoms with Gasteiger partial charge in [-0.25, -0.2) is 0 Å². The summed E-state index contributed by atoms with van der Waals surface area (Å²) in [5, 5.41) is 3.50. The van der Waals surface area contributed by atoms with Crippen molar-refractivity contribution in [1.82, 2.24) is 5.32 Å². The maximum atomic E-state index is 6.01. The molecule has 118 valence electrons. The number of benzene rings is 1. The molecule has 0 aliphatic carbocycles. The van der Waals surface area contributed by atoms with E-state index in [1.165, 1.54) is 5.56 Å². The molecule has 0 bridgehead atoms. The summed E-state index contributed by atoms with van der Waals surface area (Å²) in [5.74, 6) is 1.98. The van der Waals surface area contributed by atoms with Crippen LogP contribution in [0.3, 0.4) is 0 Å². The molecule has 2 rings (SSSR count). The van der Waals surface area contributed by atoms with Gasteiger partial charge in [-0.3, -0.25) is 0 Å². The minimum atomic E-state index is 0.289. The molecule has 1 N–H and O–H groups in total. The zero-order valence-corrected chi connectivity index (χ0v) is 15.1. The molecule has 0 saturated carbocycles. The fraction of sp³-hybridized carbons (Fsp3) is 0.647. The molecule has 0 radical (unpaired) electrons. The Bertz CT molecular complexity index is 480. The smallest absolute Gasteiger partial charge is 0.119 e. The second kappa shape index (κ2) is 7.12. The van der Waals surface area contributed by atoms with Crippen LogP contribution in [0, 0.1) is 11.8 Å². The summed E-state index contributed by atoms with van der Waals surface area (Å²) in [7, 11) is 3.75. The number of hydrogen-bond acceptors (Lipinski definition) is 3. The number of methoxy groups -OCH3 is 1. The van der Waals surface area contributed by atoms with Crippen LogP contribution in [0.25, 0.3) is 0 Å². The van der Waals surface area contributed by atoms with Gasteiger partial charge in [0, 0.05) is 16.4 Å². The van der Waals surface area contributed by atoms with Crippen molar-refractivity contribution in [3.05, 3.63) is 28.2 Å². The molecular weight excluding hydrogens is 330 g/mol. The van der Waals surface area contributed by atoms with Crippen molar-refractivity contribution in [2.75, 3.05) is 14.2 Å². The number of hydrogen-bond donors (Lipinski definition) is 1. The van der Waals surface area contributed by atoms with E-state index in [-0.39, 0.29) is 6.10 Å². The maximum absolute atomic E-state index is 6.01. The number of rotatable bonds is 5. The normalized spacial score (nSPS) is 30.4. The van der Waals surface area contributed by atoms with Gasteiger partial charge in [0.05, 0.1) is 19.3 Å². The van der Waals surface area contributed by atoms with Crippen LogP contribution >= 0.6 is 15.9 Å². The van der Waals surface area contributed by atoms with Crippen molar-refractivity contribution in [2.45, 2.75) is 45.4 Å². The van der Waals surface area contributed by atoms with Gasteiger partial charge in [0.2, 0.25) is 0 Å². The molecule has 1 aliphatic rings. The molecule has 1 aliphatic heterocycles. The van der Waals surface area contributed by atoms with Crippen LogP contribution in [-0.4, -0.2) is 32.4 Å². The Balaban J connectivity index is 2.19. The number of ether oxygens (including phenoxy) is 2. The van der Waals surface area contributed by atoms with E-state index < -0.39 is 0 Å². The molecule has 1 fully saturated rings. The van der Waals surface area contributed by atoms with E-state index in [0.717, 1.165) is 16.6 Å². The molecule has 1 heterocycles. The molecule has 5 unspecified atom stereocenters. The Labute approximate surface area is 136 Å². The van der Waals surface area contributed by atoms with Gasteiger partial charge >= 0.3 is 0 Å². The predicted molar refractivity (Wildman–Crippen MR) is 89.9 cm³/mol. The summed E-state index contributed by atoms with van der Waals surface area (Å²) in [6.07, 6.45) is 1.58. The summed E-state index contributed by atoms with van der Waals surface area (Å²) >= 11 is 3.65. The van der Waals surface area contributed by atoms with Gasteiger partial charge in [0.1, 0.15) is 5.75 Å². The van der Waals surface area contributed by atoms with E-state index in [4.69, 9.17) is 9.47 Å². The summed E-state index contributed by atoms with van der Waals surface area (Å²) in [6, 6.07) is 6.54. The van der Waals surface area contributed by atoms with Crippen molar-refractivity contribution in [1.29, 1.82) is 0 Å². The van der Waals surface area contributed by atoms with E-state index in [9.17, 15) is 0 Å². The molecule has 21 heavy (non-hydrogen) atoms. The lowest BCUT2D eigenvalue weighted by Gasteiger charge is -2.29. The minimum absolute atomic E-state index is 0.289. The van der Waals surface area contributed by atoms with Crippen LogP contribution < -0.4 is 10.1 Å². The van der Waals surface area contributed by atoms with Crippen molar-refractivity contribution in [3.63, 3.8) is 0 Å². The number of likely N-dealkylation sites (N-methyl/N-ethyl adjacent to an activating group) is 1. The van der Waals surface area contributed by atoms with Crippen LogP contribution in [-0.2, 0) is 11.2 Å². The first kappa shape index (κ1) is 16.8. The first-order chi connectivity index (χ1) is 9.97. The Morgan fingerprint density at radius 3 is 2.52 bits per heavy atom. The molecule has 1 saturated heterocycles. The van der Waals surface area contributed by atoms with E-state index >= 15 is 0 Å². The maximum Gasteiger partial charge on any atom is 0.119 e. The topological polar surface area (TPSA) is 30.5 Å². The Kier molecular flexibility index (Phi) is 5.69. The lowest BCUT2D eigenvalue weighted by atomic mass is 9.81. The van der Waals surface area contributed by atoms with Crippen LogP contribution in [0.4, 0.5) is 0 Å². The van der Waals surface area contributed by atoms with Gasteiger partial charge in [-0.05, 0) is 57.0 Å². The lowest BCUT2D eigenvalue weighted by molar-refractivity contribution is 0.0479. The molecule has 0 spiro atoms. The predicted octanol–water partition coefficient (Wildman–Crippen LogP) is 3.65. The van der Waals surface area contributed by atoms with Gasteiger partial charge < -0.3 is 14.8 Å². The monoisotopic (exact) mass is 355 g/mol. The summed E-state index contributed by atoms with van der Waals surface area (Å²) in [6.45, 7) is 6.66. The second-order valence-corrected chi connectivity index (χ2v) is 6.89. The van der Waals surface area contributed by atoms with Gasteiger partial charge in [-0.1, -0.05) is 22.9 Å². The summed E-state index contributed by atoms with van der Waals surface area (Å²) < 4.78 is 12.5. The summed E-state index contributed by atoms with van der Waals surface area (Å²) in [5.41, 5.74) is 1.27.